The van der Waals surface area contributed by atoms with Crippen molar-refractivity contribution < 1.29 is 0 Å². The maximum atomic E-state index is 6.83. The Labute approximate surface area is 184 Å². The summed E-state index contributed by atoms with van der Waals surface area (Å²) < 4.78 is 4.32. The molecule has 32 heavy (non-hydrogen) atoms. The quantitative estimate of drug-likeness (QED) is 0.415. The number of hydrogen-bond donors (Lipinski definition) is 2. The molecule has 0 atom stereocenters. The van der Waals surface area contributed by atoms with Crippen LogP contribution in [0.3, 0.4) is 0 Å². The van der Waals surface area contributed by atoms with Crippen LogP contribution in [-0.4, -0.2) is 19.1 Å². The van der Waals surface area contributed by atoms with Crippen molar-refractivity contribution in [2.75, 3.05) is 11.5 Å². The molecule has 4 N–H and O–H groups in total. The van der Waals surface area contributed by atoms with Crippen molar-refractivity contribution in [2.45, 2.75) is 0 Å². The van der Waals surface area contributed by atoms with E-state index >= 15 is 0 Å². The number of para-hydroxylation sites is 2. The lowest BCUT2D eigenvalue weighted by atomic mass is 10.1. The first kappa shape index (κ1) is 18.2. The van der Waals surface area contributed by atoms with Gasteiger partial charge in [-0.2, -0.15) is 0 Å². The number of nitrogens with zero attached hydrogens (tertiary/aromatic N) is 4. The second kappa shape index (κ2) is 6.99. The van der Waals surface area contributed by atoms with Crippen molar-refractivity contribution in [2.24, 2.45) is 0 Å². The third-order valence-corrected chi connectivity index (χ3v) is 5.89. The van der Waals surface area contributed by atoms with Crippen molar-refractivity contribution >= 4 is 33.2 Å². The lowest BCUT2D eigenvalue weighted by Crippen LogP contribution is -2.05. The second-order valence-electron chi connectivity index (χ2n) is 7.64. The van der Waals surface area contributed by atoms with Gasteiger partial charge in [0.15, 0.2) is 0 Å². The number of anilines is 2. The first-order valence-electron chi connectivity index (χ1n) is 10.3. The molecule has 6 nitrogen and oxygen atoms in total. The minimum Gasteiger partial charge on any atom is -0.396 e. The summed E-state index contributed by atoms with van der Waals surface area (Å²) in [7, 11) is 0. The Morgan fingerprint density at radius 2 is 0.875 bits per heavy atom. The van der Waals surface area contributed by atoms with E-state index in [4.69, 9.17) is 11.5 Å². The molecule has 0 aliphatic heterocycles. The van der Waals surface area contributed by atoms with Gasteiger partial charge in [-0.25, -0.2) is 0 Å². The fraction of sp³-hybridized carbons (Fsp3) is 0. The highest BCUT2D eigenvalue weighted by Gasteiger charge is 2.25. The van der Waals surface area contributed by atoms with Gasteiger partial charge < -0.3 is 20.6 Å². The highest BCUT2D eigenvalue weighted by molar-refractivity contribution is 6.09. The molecule has 154 valence electrons. The number of rotatable bonds is 3. The second-order valence-corrected chi connectivity index (χ2v) is 7.64. The molecule has 0 aliphatic carbocycles. The number of fused-ring (bicyclic) bond motifs is 2. The van der Waals surface area contributed by atoms with Crippen molar-refractivity contribution in [3.63, 3.8) is 0 Å². The van der Waals surface area contributed by atoms with Gasteiger partial charge in [0.1, 0.15) is 0 Å². The molecular formula is C26H20N6. The molecule has 6 aromatic rings. The zero-order chi connectivity index (χ0) is 21.7. The minimum absolute atomic E-state index is 0.683. The smallest absolute Gasteiger partial charge is 0.0964 e. The SMILES string of the molecule is Nc1c(-c2c(N)c3ccccc3n2-c2ccncc2)n(-c2ccncc2)c2ccccc12. The van der Waals surface area contributed by atoms with Crippen molar-refractivity contribution in [3.05, 3.63) is 97.6 Å². The average molecular weight is 416 g/mol. The van der Waals surface area contributed by atoms with E-state index in [0.29, 0.717) is 11.4 Å². The fourth-order valence-corrected chi connectivity index (χ4v) is 4.52. The Hall–Kier alpha value is -4.58. The van der Waals surface area contributed by atoms with E-state index in [1.54, 1.807) is 24.8 Å². The molecule has 0 radical (unpaired) electrons. The molecule has 2 aromatic carbocycles. The molecule has 4 aromatic heterocycles. The summed E-state index contributed by atoms with van der Waals surface area (Å²) in [6, 6.07) is 24.2. The monoisotopic (exact) mass is 416 g/mol. The third-order valence-electron chi connectivity index (χ3n) is 5.89. The van der Waals surface area contributed by atoms with Gasteiger partial charge in [0, 0.05) is 46.9 Å². The third kappa shape index (κ3) is 2.53. The summed E-state index contributed by atoms with van der Waals surface area (Å²) in [5, 5.41) is 1.95. The van der Waals surface area contributed by atoms with E-state index in [0.717, 1.165) is 44.6 Å². The predicted molar refractivity (Wildman–Crippen MR) is 130 cm³/mol. The number of nitrogen functional groups attached to an aromatic ring is 2. The van der Waals surface area contributed by atoms with Gasteiger partial charge in [0.2, 0.25) is 0 Å². The van der Waals surface area contributed by atoms with E-state index < -0.39 is 0 Å². The normalized spacial score (nSPS) is 11.4. The number of benzene rings is 2. The van der Waals surface area contributed by atoms with Gasteiger partial charge >= 0.3 is 0 Å². The van der Waals surface area contributed by atoms with Gasteiger partial charge in [0.25, 0.3) is 0 Å². The van der Waals surface area contributed by atoms with E-state index in [1.807, 2.05) is 60.7 Å². The van der Waals surface area contributed by atoms with E-state index in [9.17, 15) is 0 Å². The van der Waals surface area contributed by atoms with Crippen molar-refractivity contribution in [3.8, 4) is 22.8 Å². The molecule has 0 spiro atoms. The van der Waals surface area contributed by atoms with Crippen molar-refractivity contribution in [1.29, 1.82) is 0 Å². The molecule has 0 aliphatic rings. The summed E-state index contributed by atoms with van der Waals surface area (Å²) >= 11 is 0. The zero-order valence-electron chi connectivity index (χ0n) is 17.2. The van der Waals surface area contributed by atoms with Crippen molar-refractivity contribution in [1.82, 2.24) is 19.1 Å². The Kier molecular flexibility index (Phi) is 3.98. The maximum Gasteiger partial charge on any atom is 0.0964 e. The summed E-state index contributed by atoms with van der Waals surface area (Å²) in [6.45, 7) is 0. The summed E-state index contributed by atoms with van der Waals surface area (Å²) in [4.78, 5) is 8.39. The Morgan fingerprint density at radius 1 is 0.500 bits per heavy atom. The van der Waals surface area contributed by atoms with Crippen LogP contribution < -0.4 is 11.5 Å². The highest BCUT2D eigenvalue weighted by atomic mass is 15.1. The van der Waals surface area contributed by atoms with Crippen LogP contribution >= 0.6 is 0 Å². The van der Waals surface area contributed by atoms with E-state index in [-0.39, 0.29) is 0 Å². The minimum atomic E-state index is 0.683. The Morgan fingerprint density at radius 3 is 1.28 bits per heavy atom. The van der Waals surface area contributed by atoms with Gasteiger partial charge in [-0.05, 0) is 36.4 Å². The molecule has 0 bridgehead atoms. The molecule has 0 fully saturated rings. The van der Waals surface area contributed by atoms with Crippen LogP contribution in [0.5, 0.6) is 0 Å². The summed E-state index contributed by atoms with van der Waals surface area (Å²) in [5.41, 5.74) is 20.7. The number of hydrogen-bond acceptors (Lipinski definition) is 4. The van der Waals surface area contributed by atoms with Crippen LogP contribution in [0.2, 0.25) is 0 Å². The molecule has 6 rings (SSSR count). The number of nitrogens with two attached hydrogens (primary N) is 2. The molecule has 0 amide bonds. The van der Waals surface area contributed by atoms with Crippen LogP contribution in [-0.2, 0) is 0 Å². The maximum absolute atomic E-state index is 6.83. The van der Waals surface area contributed by atoms with Crippen LogP contribution in [0.15, 0.2) is 97.6 Å². The molecule has 4 heterocycles. The first-order chi connectivity index (χ1) is 15.8. The Bertz CT molecular complexity index is 1460. The van der Waals surface area contributed by atoms with Crippen LogP contribution in [0, 0.1) is 0 Å². The first-order valence-corrected chi connectivity index (χ1v) is 10.3. The van der Waals surface area contributed by atoms with Gasteiger partial charge in [0.05, 0.1) is 33.8 Å². The number of aromatic nitrogens is 4. The van der Waals surface area contributed by atoms with Gasteiger partial charge in [-0.15, -0.1) is 0 Å². The standard InChI is InChI=1S/C26H20N6/c27-23-19-5-1-3-7-21(19)31(17-9-13-29-14-10-17)25(23)26-24(28)20-6-2-4-8-22(20)32(26)18-11-15-30-16-12-18/h1-16H,27-28H2. The van der Waals surface area contributed by atoms with Gasteiger partial charge in [-0.3, -0.25) is 9.97 Å². The molecule has 6 heteroatoms. The van der Waals surface area contributed by atoms with Crippen LogP contribution in [0.1, 0.15) is 0 Å². The van der Waals surface area contributed by atoms with Gasteiger partial charge in [-0.1, -0.05) is 36.4 Å². The van der Waals surface area contributed by atoms with Crippen LogP contribution in [0.25, 0.3) is 44.6 Å². The average Bonchev–Trinajstić information content (AvgIpc) is 3.31. The van der Waals surface area contributed by atoms with E-state index in [1.165, 1.54) is 0 Å². The summed E-state index contributed by atoms with van der Waals surface area (Å²) in [6.07, 6.45) is 7.13. The number of pyridine rings is 2. The molecule has 0 unspecified atom stereocenters. The van der Waals surface area contributed by atoms with E-state index in [2.05, 4.69) is 31.2 Å². The molecule has 0 saturated carbocycles. The van der Waals surface area contributed by atoms with Crippen LogP contribution in [0.4, 0.5) is 11.4 Å². The Balaban J connectivity index is 1.82. The lowest BCUT2D eigenvalue weighted by molar-refractivity contribution is 1.06. The largest absolute Gasteiger partial charge is 0.396 e. The summed E-state index contributed by atoms with van der Waals surface area (Å²) in [5.74, 6) is 0. The molecular weight excluding hydrogens is 396 g/mol. The zero-order valence-corrected chi connectivity index (χ0v) is 17.2. The lowest BCUT2D eigenvalue weighted by Gasteiger charge is -2.16. The predicted octanol–water partition coefficient (Wildman–Crippen LogP) is 5.20. The topological polar surface area (TPSA) is 87.7 Å². The fourth-order valence-electron chi connectivity index (χ4n) is 4.52. The highest BCUT2D eigenvalue weighted by Crippen LogP contribution is 2.45. The molecule has 0 saturated heterocycles.